The van der Waals surface area contributed by atoms with Crippen LogP contribution < -0.4 is 0 Å². The number of halogens is 2. The van der Waals surface area contributed by atoms with Gasteiger partial charge in [0.2, 0.25) is 0 Å². The predicted octanol–water partition coefficient (Wildman–Crippen LogP) is 8.91. The third-order valence-corrected chi connectivity index (χ3v) is 62.4. The quantitative estimate of drug-likeness (QED) is 0.296. The second-order valence-electron chi connectivity index (χ2n) is 9.50. The number of allylic oxidation sites excluding steroid dienone is 2. The van der Waals surface area contributed by atoms with Gasteiger partial charge >= 0.3 is 192 Å². The Morgan fingerprint density at radius 1 is 0.867 bits per heavy atom. The number of hydrogen-bond acceptors (Lipinski definition) is 0. The van der Waals surface area contributed by atoms with Gasteiger partial charge in [-0.2, -0.15) is 0 Å². The van der Waals surface area contributed by atoms with Gasteiger partial charge in [0.05, 0.1) is 0 Å². The summed E-state index contributed by atoms with van der Waals surface area (Å²) in [5, 5.41) is 0. The minimum absolute atomic E-state index is 0.278. The molecule has 3 unspecified atom stereocenters. The zero-order valence-corrected chi connectivity index (χ0v) is 23.4. The molecule has 0 spiro atoms. The van der Waals surface area contributed by atoms with Crippen molar-refractivity contribution in [3.05, 3.63) is 82.9 Å². The molecule has 2 aliphatic carbocycles. The van der Waals surface area contributed by atoms with Crippen molar-refractivity contribution in [1.82, 2.24) is 0 Å². The van der Waals surface area contributed by atoms with Crippen LogP contribution in [0.15, 0.2) is 60.7 Å². The summed E-state index contributed by atoms with van der Waals surface area (Å²) in [7, 11) is 15.9. The molecule has 2 aromatic rings. The summed E-state index contributed by atoms with van der Waals surface area (Å²) in [4.78, 5) is 0. The van der Waals surface area contributed by atoms with Crippen LogP contribution in [0.1, 0.15) is 64.4 Å². The van der Waals surface area contributed by atoms with Gasteiger partial charge in [-0.15, -0.1) is 0 Å². The Balaban J connectivity index is 1.65. The molecule has 0 aliphatic heterocycles. The molecule has 30 heavy (non-hydrogen) atoms. The molecular formula is C26H33Cl2SiZr. The first-order valence-electron chi connectivity index (χ1n) is 11.5. The molecule has 0 saturated heterocycles. The SMILES string of the molecule is CCC[CH](CCC1C=Cc2ccccc21)[Zr]([Cl])([Cl])([CH]1C=Cc2ccccc21)[SiH](C)C. The third kappa shape index (κ3) is 3.81. The predicted molar refractivity (Wildman–Crippen MR) is 135 cm³/mol. The van der Waals surface area contributed by atoms with Crippen LogP contribution in [-0.2, 0) is 15.6 Å². The summed E-state index contributed by atoms with van der Waals surface area (Å²) < 4.78 is 0.758. The molecule has 3 atom stereocenters. The van der Waals surface area contributed by atoms with Crippen molar-refractivity contribution >= 4 is 35.1 Å². The van der Waals surface area contributed by atoms with Crippen LogP contribution in [0.2, 0.25) is 16.7 Å². The molecule has 0 radical (unpaired) electrons. The van der Waals surface area contributed by atoms with Crippen LogP contribution in [0.3, 0.4) is 0 Å². The van der Waals surface area contributed by atoms with Crippen molar-refractivity contribution in [1.29, 1.82) is 0 Å². The van der Waals surface area contributed by atoms with E-state index in [0.717, 1.165) is 25.7 Å². The topological polar surface area (TPSA) is 0 Å². The molecule has 0 fully saturated rings. The molecule has 0 bridgehead atoms. The number of hydrogen-bond donors (Lipinski definition) is 0. The second kappa shape index (κ2) is 8.86. The van der Waals surface area contributed by atoms with Gasteiger partial charge in [-0.3, -0.25) is 0 Å². The Morgan fingerprint density at radius 3 is 2.13 bits per heavy atom. The monoisotopic (exact) mass is 533 g/mol. The summed E-state index contributed by atoms with van der Waals surface area (Å²) >= 11 is -4.12. The summed E-state index contributed by atoms with van der Waals surface area (Å²) in [6.07, 6.45) is 13.9. The molecule has 2 aliphatic rings. The molecular weight excluding hydrogens is 503 g/mol. The summed E-state index contributed by atoms with van der Waals surface area (Å²) in [6.45, 7) is 7.14. The van der Waals surface area contributed by atoms with Gasteiger partial charge in [-0.25, -0.2) is 0 Å². The van der Waals surface area contributed by atoms with Crippen LogP contribution in [-0.4, -0.2) is 5.92 Å². The Bertz CT molecular complexity index is 979. The average molecular weight is 536 g/mol. The van der Waals surface area contributed by atoms with E-state index in [4.69, 9.17) is 17.0 Å². The zero-order valence-electron chi connectivity index (χ0n) is 18.3. The first kappa shape index (κ1) is 22.8. The summed E-state index contributed by atoms with van der Waals surface area (Å²) in [5.41, 5.74) is 5.56. The van der Waals surface area contributed by atoms with Crippen molar-refractivity contribution in [2.75, 3.05) is 0 Å². The van der Waals surface area contributed by atoms with E-state index in [-0.39, 0.29) is 3.63 Å². The standard InChI is InChI=1S/C15H19.C9H7.C2H7Si.2ClH.Zr/c1-2-3-4-5-8-13-11-12-14-9-6-7-10-15(13)14;1-2-5-9-7-3-6-8(9)4-1;1-3-2;;;/h4,6-7,9-13H,2-3,5,8H2,1H3;1-7H;3H,1-2H3;2*1H;/q;;;;;+2/p-2. The Hall–Kier alpha value is -0.400. The van der Waals surface area contributed by atoms with Gasteiger partial charge in [-0.1, -0.05) is 0 Å². The van der Waals surface area contributed by atoms with Crippen LogP contribution in [0.4, 0.5) is 0 Å². The van der Waals surface area contributed by atoms with Crippen molar-refractivity contribution in [2.24, 2.45) is 0 Å². The van der Waals surface area contributed by atoms with E-state index in [0.29, 0.717) is 9.54 Å². The second-order valence-corrected chi connectivity index (χ2v) is 52.7. The molecule has 4 heteroatoms. The normalized spacial score (nSPS) is 22.0. The summed E-state index contributed by atoms with van der Waals surface area (Å²) in [6, 6.07) is 17.6. The van der Waals surface area contributed by atoms with Gasteiger partial charge in [0.25, 0.3) is 0 Å². The van der Waals surface area contributed by atoms with E-state index in [1.54, 1.807) is 0 Å². The molecule has 0 nitrogen and oxygen atoms in total. The van der Waals surface area contributed by atoms with Gasteiger partial charge in [0, 0.05) is 0 Å². The van der Waals surface area contributed by atoms with E-state index in [9.17, 15) is 0 Å². The van der Waals surface area contributed by atoms with Crippen LogP contribution in [0, 0.1) is 0 Å². The average Bonchev–Trinajstić information content (AvgIpc) is 3.36. The molecule has 4 rings (SSSR count). The number of benzene rings is 2. The molecule has 2 aromatic carbocycles. The van der Waals surface area contributed by atoms with Gasteiger partial charge in [0.15, 0.2) is 0 Å². The molecule has 0 heterocycles. The van der Waals surface area contributed by atoms with Crippen molar-refractivity contribution in [3.8, 4) is 0 Å². The van der Waals surface area contributed by atoms with Gasteiger partial charge in [0.1, 0.15) is 0 Å². The fourth-order valence-corrected chi connectivity index (χ4v) is 36.6. The third-order valence-electron chi connectivity index (χ3n) is 7.64. The fourth-order valence-electron chi connectivity index (χ4n) is 5.82. The maximum absolute atomic E-state index is 7.96. The van der Waals surface area contributed by atoms with Crippen LogP contribution >= 0.6 is 17.0 Å². The van der Waals surface area contributed by atoms with Crippen LogP contribution in [0.25, 0.3) is 12.2 Å². The van der Waals surface area contributed by atoms with Gasteiger partial charge in [-0.05, 0) is 0 Å². The minimum atomic E-state index is -4.12. The Labute approximate surface area is 191 Å². The van der Waals surface area contributed by atoms with Crippen molar-refractivity contribution in [3.63, 3.8) is 0 Å². The van der Waals surface area contributed by atoms with E-state index < -0.39 is 21.5 Å². The zero-order chi connectivity index (χ0) is 21.4. The van der Waals surface area contributed by atoms with Gasteiger partial charge < -0.3 is 0 Å². The molecule has 0 amide bonds. The Morgan fingerprint density at radius 2 is 1.47 bits per heavy atom. The first-order valence-corrected chi connectivity index (χ1v) is 27.8. The van der Waals surface area contributed by atoms with Crippen molar-refractivity contribution in [2.45, 2.75) is 58.9 Å². The van der Waals surface area contributed by atoms with E-state index in [2.05, 4.69) is 92.9 Å². The Kier molecular flexibility index (Phi) is 6.72. The van der Waals surface area contributed by atoms with E-state index in [1.165, 1.54) is 22.3 Å². The number of fused-ring (bicyclic) bond motifs is 2. The van der Waals surface area contributed by atoms with E-state index in [1.807, 2.05) is 0 Å². The molecule has 159 valence electrons. The summed E-state index contributed by atoms with van der Waals surface area (Å²) in [5.74, 6) is -0.771. The van der Waals surface area contributed by atoms with Crippen LogP contribution in [0.5, 0.6) is 0 Å². The van der Waals surface area contributed by atoms with Crippen molar-refractivity contribution < 1.29 is 15.6 Å². The number of rotatable bonds is 8. The maximum atomic E-state index is 7.96. The molecule has 0 N–H and O–H groups in total. The molecule has 0 aromatic heterocycles. The molecule has 0 saturated carbocycles. The van der Waals surface area contributed by atoms with E-state index >= 15 is 0 Å². The fraction of sp³-hybridized carbons (Fsp3) is 0.385. The first-order chi connectivity index (χ1) is 14.4.